The van der Waals surface area contributed by atoms with E-state index in [1.807, 2.05) is 35.9 Å². The van der Waals surface area contributed by atoms with Crippen molar-refractivity contribution in [3.8, 4) is 17.1 Å². The highest BCUT2D eigenvalue weighted by Gasteiger charge is 2.20. The van der Waals surface area contributed by atoms with Crippen LogP contribution in [0.5, 0.6) is 5.75 Å². The van der Waals surface area contributed by atoms with Crippen molar-refractivity contribution in [3.63, 3.8) is 0 Å². The minimum absolute atomic E-state index is 0.184. The monoisotopic (exact) mass is 403 g/mol. The highest BCUT2D eigenvalue weighted by atomic mass is 35.5. The molecule has 0 saturated carbocycles. The molecule has 1 amide bonds. The van der Waals surface area contributed by atoms with Crippen molar-refractivity contribution in [1.29, 1.82) is 0 Å². The SMILES string of the molecule is COc1ccccc1-c1nnc(S[C@H](C)C(=O)Nc2ccc(Cl)cn2)n1C. The molecule has 0 aliphatic heterocycles. The number of hydrogen-bond acceptors (Lipinski definition) is 6. The number of thioether (sulfide) groups is 1. The van der Waals surface area contributed by atoms with Crippen LogP contribution < -0.4 is 10.1 Å². The maximum absolute atomic E-state index is 12.4. The summed E-state index contributed by atoms with van der Waals surface area (Å²) in [7, 11) is 3.47. The van der Waals surface area contributed by atoms with Gasteiger partial charge in [0.2, 0.25) is 5.91 Å². The molecular formula is C18H18ClN5O2S. The molecule has 3 aromatic rings. The number of rotatable bonds is 6. The van der Waals surface area contributed by atoms with E-state index in [1.54, 1.807) is 26.2 Å². The number of nitrogens with one attached hydrogen (secondary N) is 1. The van der Waals surface area contributed by atoms with Gasteiger partial charge in [0.05, 0.1) is 22.9 Å². The van der Waals surface area contributed by atoms with E-state index < -0.39 is 5.25 Å². The molecule has 7 nitrogen and oxygen atoms in total. The Kier molecular flexibility index (Phi) is 5.98. The molecule has 0 spiro atoms. The molecule has 3 rings (SSSR count). The van der Waals surface area contributed by atoms with E-state index in [4.69, 9.17) is 16.3 Å². The Hall–Kier alpha value is -2.58. The zero-order valence-electron chi connectivity index (χ0n) is 15.0. The summed E-state index contributed by atoms with van der Waals surface area (Å²) in [6, 6.07) is 10.9. The van der Waals surface area contributed by atoms with E-state index in [0.29, 0.717) is 27.6 Å². The number of pyridine rings is 1. The number of halogens is 1. The number of aromatic nitrogens is 4. The van der Waals surface area contributed by atoms with E-state index in [9.17, 15) is 4.79 Å². The summed E-state index contributed by atoms with van der Waals surface area (Å²) in [6.07, 6.45) is 1.48. The van der Waals surface area contributed by atoms with E-state index in [2.05, 4.69) is 20.5 Å². The Bertz CT molecular complexity index is 945. The molecule has 0 aliphatic carbocycles. The number of ether oxygens (including phenoxy) is 1. The van der Waals surface area contributed by atoms with Crippen molar-refractivity contribution in [2.24, 2.45) is 7.05 Å². The van der Waals surface area contributed by atoms with Gasteiger partial charge in [-0.3, -0.25) is 4.79 Å². The van der Waals surface area contributed by atoms with Crippen molar-refractivity contribution in [2.75, 3.05) is 12.4 Å². The van der Waals surface area contributed by atoms with Crippen LogP contribution in [-0.4, -0.2) is 38.0 Å². The van der Waals surface area contributed by atoms with Crippen LogP contribution in [0.1, 0.15) is 6.92 Å². The molecule has 9 heteroatoms. The molecule has 1 aromatic carbocycles. The third kappa shape index (κ3) is 4.40. The number of carbonyl (C=O) groups excluding carboxylic acids is 1. The van der Waals surface area contributed by atoms with Gasteiger partial charge in [0.1, 0.15) is 11.6 Å². The van der Waals surface area contributed by atoms with Crippen molar-refractivity contribution < 1.29 is 9.53 Å². The van der Waals surface area contributed by atoms with Gasteiger partial charge in [0.25, 0.3) is 0 Å². The average Bonchev–Trinajstić information content (AvgIpc) is 3.03. The summed E-state index contributed by atoms with van der Waals surface area (Å²) in [5, 5.41) is 12.0. The highest BCUT2D eigenvalue weighted by molar-refractivity contribution is 8.00. The van der Waals surface area contributed by atoms with Gasteiger partial charge in [-0.2, -0.15) is 0 Å². The Labute approximate surface area is 166 Å². The first-order valence-electron chi connectivity index (χ1n) is 8.11. The van der Waals surface area contributed by atoms with E-state index in [1.165, 1.54) is 18.0 Å². The first-order chi connectivity index (χ1) is 13.0. The molecule has 27 heavy (non-hydrogen) atoms. The molecule has 1 atom stereocenters. The Morgan fingerprint density at radius 2 is 2.04 bits per heavy atom. The second-order valence-electron chi connectivity index (χ2n) is 5.68. The van der Waals surface area contributed by atoms with Gasteiger partial charge >= 0.3 is 0 Å². The topological polar surface area (TPSA) is 81.9 Å². The van der Waals surface area contributed by atoms with E-state index >= 15 is 0 Å². The molecule has 140 valence electrons. The molecule has 0 unspecified atom stereocenters. The Morgan fingerprint density at radius 3 is 2.74 bits per heavy atom. The van der Waals surface area contributed by atoms with Crippen LogP contribution in [0, 0.1) is 0 Å². The maximum atomic E-state index is 12.4. The summed E-state index contributed by atoms with van der Waals surface area (Å²) in [5.74, 6) is 1.65. The fourth-order valence-corrected chi connectivity index (χ4v) is 3.30. The fourth-order valence-electron chi connectivity index (χ4n) is 2.37. The van der Waals surface area contributed by atoms with Gasteiger partial charge in [-0.1, -0.05) is 35.5 Å². The molecule has 1 N–H and O–H groups in total. The van der Waals surface area contributed by atoms with Crippen LogP contribution in [0.3, 0.4) is 0 Å². The van der Waals surface area contributed by atoms with Crippen LogP contribution in [0.4, 0.5) is 5.82 Å². The predicted molar refractivity (Wildman–Crippen MR) is 106 cm³/mol. The molecule has 0 radical (unpaired) electrons. The number of methoxy groups -OCH3 is 1. The lowest BCUT2D eigenvalue weighted by molar-refractivity contribution is -0.115. The number of amides is 1. The zero-order valence-corrected chi connectivity index (χ0v) is 16.6. The number of benzene rings is 1. The van der Waals surface area contributed by atoms with Crippen molar-refractivity contribution >= 4 is 35.1 Å². The van der Waals surface area contributed by atoms with Crippen molar-refractivity contribution in [1.82, 2.24) is 19.7 Å². The van der Waals surface area contributed by atoms with Gasteiger partial charge in [-0.15, -0.1) is 10.2 Å². The lowest BCUT2D eigenvalue weighted by atomic mass is 10.2. The van der Waals surface area contributed by atoms with Gasteiger partial charge in [-0.25, -0.2) is 4.98 Å². The van der Waals surface area contributed by atoms with Crippen LogP contribution in [-0.2, 0) is 11.8 Å². The van der Waals surface area contributed by atoms with Crippen molar-refractivity contribution in [3.05, 3.63) is 47.6 Å². The summed E-state index contributed by atoms with van der Waals surface area (Å²) in [4.78, 5) is 16.5. The number of carbonyl (C=O) groups is 1. The molecule has 0 bridgehead atoms. The third-order valence-corrected chi connectivity index (χ3v) is 5.17. The third-order valence-electron chi connectivity index (χ3n) is 3.81. The maximum Gasteiger partial charge on any atom is 0.238 e. The van der Waals surface area contributed by atoms with Gasteiger partial charge in [-0.05, 0) is 31.2 Å². The minimum Gasteiger partial charge on any atom is -0.496 e. The standard InChI is InChI=1S/C18H18ClN5O2S/c1-11(17(25)21-15-9-8-12(19)10-20-15)27-18-23-22-16(24(18)2)13-6-4-5-7-14(13)26-3/h4-11H,1-3H3,(H,20,21,25)/t11-/m1/s1. The molecule has 0 fully saturated rings. The lowest BCUT2D eigenvalue weighted by Gasteiger charge is -2.12. The average molecular weight is 404 g/mol. The van der Waals surface area contributed by atoms with Crippen LogP contribution in [0.2, 0.25) is 5.02 Å². The smallest absolute Gasteiger partial charge is 0.238 e. The first kappa shape index (κ1) is 19.2. The first-order valence-corrected chi connectivity index (χ1v) is 9.37. The largest absolute Gasteiger partial charge is 0.496 e. The van der Waals surface area contributed by atoms with Crippen LogP contribution in [0.15, 0.2) is 47.8 Å². The molecule has 2 aromatic heterocycles. The Morgan fingerprint density at radius 1 is 1.26 bits per heavy atom. The second-order valence-corrected chi connectivity index (χ2v) is 7.42. The van der Waals surface area contributed by atoms with Crippen LogP contribution in [0.25, 0.3) is 11.4 Å². The predicted octanol–water partition coefficient (Wildman–Crippen LogP) is 3.66. The minimum atomic E-state index is -0.393. The second kappa shape index (κ2) is 8.41. The summed E-state index contributed by atoms with van der Waals surface area (Å²) >= 11 is 7.12. The number of para-hydroxylation sites is 1. The zero-order chi connectivity index (χ0) is 19.4. The van der Waals surface area contributed by atoms with E-state index in [-0.39, 0.29) is 5.91 Å². The van der Waals surface area contributed by atoms with Crippen molar-refractivity contribution in [2.45, 2.75) is 17.3 Å². The van der Waals surface area contributed by atoms with Gasteiger partial charge in [0, 0.05) is 13.2 Å². The quantitative estimate of drug-likeness (QED) is 0.632. The van der Waals surface area contributed by atoms with E-state index in [0.717, 1.165) is 5.56 Å². The van der Waals surface area contributed by atoms with Gasteiger partial charge in [0.15, 0.2) is 11.0 Å². The number of anilines is 1. The fraction of sp³-hybridized carbons (Fsp3) is 0.222. The lowest BCUT2D eigenvalue weighted by Crippen LogP contribution is -2.23. The molecule has 2 heterocycles. The summed E-state index contributed by atoms with van der Waals surface area (Å²) in [6.45, 7) is 1.80. The highest BCUT2D eigenvalue weighted by Crippen LogP contribution is 2.31. The number of hydrogen-bond donors (Lipinski definition) is 1. The van der Waals surface area contributed by atoms with Gasteiger partial charge < -0.3 is 14.6 Å². The molecular weight excluding hydrogens is 386 g/mol. The summed E-state index contributed by atoms with van der Waals surface area (Å²) < 4.78 is 7.23. The van der Waals surface area contributed by atoms with Crippen LogP contribution >= 0.6 is 23.4 Å². The molecule has 0 aliphatic rings. The summed E-state index contributed by atoms with van der Waals surface area (Å²) in [5.41, 5.74) is 0.837. The normalized spacial score (nSPS) is 11.9. The Balaban J connectivity index is 1.73. The molecule has 0 saturated heterocycles. The number of nitrogens with zero attached hydrogens (tertiary/aromatic N) is 4.